The summed E-state index contributed by atoms with van der Waals surface area (Å²) in [7, 11) is 0. The minimum absolute atomic E-state index is 0.215. The average Bonchev–Trinajstić information content (AvgIpc) is 2.93. The van der Waals surface area contributed by atoms with Crippen molar-refractivity contribution in [2.24, 2.45) is 5.92 Å². The van der Waals surface area contributed by atoms with E-state index in [1.807, 2.05) is 12.1 Å². The third-order valence-electron chi connectivity index (χ3n) is 5.06. The SMILES string of the molecule is O=C(c1ccc2c(c1)CCO2)C1CC2CCCC(C1)N2. The first-order chi connectivity index (χ1) is 9.79. The Bertz CT molecular complexity index is 528. The van der Waals surface area contributed by atoms with E-state index in [0.29, 0.717) is 17.9 Å². The Morgan fingerprint density at radius 1 is 1.20 bits per heavy atom. The third-order valence-corrected chi connectivity index (χ3v) is 5.06. The molecule has 2 saturated heterocycles. The molecule has 0 spiro atoms. The number of carbonyl (C=O) groups excluding carboxylic acids is 1. The van der Waals surface area contributed by atoms with Crippen LogP contribution in [0.1, 0.15) is 48.0 Å². The van der Waals surface area contributed by atoms with Crippen molar-refractivity contribution in [3.8, 4) is 5.75 Å². The van der Waals surface area contributed by atoms with Gasteiger partial charge in [-0.15, -0.1) is 0 Å². The molecule has 0 aromatic heterocycles. The molecular weight excluding hydrogens is 250 g/mol. The molecule has 3 aliphatic heterocycles. The summed E-state index contributed by atoms with van der Waals surface area (Å²) in [6.45, 7) is 0.754. The van der Waals surface area contributed by atoms with Crippen LogP contribution in [0.15, 0.2) is 18.2 Å². The number of piperidine rings is 2. The summed E-state index contributed by atoms with van der Waals surface area (Å²) < 4.78 is 5.52. The summed E-state index contributed by atoms with van der Waals surface area (Å²) in [5, 5.41) is 3.66. The number of benzene rings is 1. The zero-order valence-electron chi connectivity index (χ0n) is 11.7. The van der Waals surface area contributed by atoms with Gasteiger partial charge in [-0.1, -0.05) is 6.42 Å². The first kappa shape index (κ1) is 12.4. The molecule has 3 heterocycles. The Balaban J connectivity index is 1.55. The minimum Gasteiger partial charge on any atom is -0.493 e. The maximum atomic E-state index is 12.8. The fraction of sp³-hybridized carbons (Fsp3) is 0.588. The van der Waals surface area contributed by atoms with Crippen molar-refractivity contribution in [2.45, 2.75) is 50.6 Å². The molecule has 2 fully saturated rings. The zero-order valence-corrected chi connectivity index (χ0v) is 11.7. The van der Waals surface area contributed by atoms with Crippen molar-refractivity contribution in [2.75, 3.05) is 6.61 Å². The van der Waals surface area contributed by atoms with E-state index < -0.39 is 0 Å². The summed E-state index contributed by atoms with van der Waals surface area (Å²) in [5.74, 6) is 1.52. The summed E-state index contributed by atoms with van der Waals surface area (Å²) >= 11 is 0. The van der Waals surface area contributed by atoms with Gasteiger partial charge in [0.15, 0.2) is 5.78 Å². The summed E-state index contributed by atoms with van der Waals surface area (Å²) in [4.78, 5) is 12.8. The monoisotopic (exact) mass is 271 g/mol. The molecule has 0 aliphatic carbocycles. The Hall–Kier alpha value is -1.35. The van der Waals surface area contributed by atoms with Crippen molar-refractivity contribution in [3.05, 3.63) is 29.3 Å². The normalized spacial score (nSPS) is 31.5. The lowest BCUT2D eigenvalue weighted by Crippen LogP contribution is -2.50. The smallest absolute Gasteiger partial charge is 0.166 e. The van der Waals surface area contributed by atoms with E-state index >= 15 is 0 Å². The van der Waals surface area contributed by atoms with Crippen LogP contribution in [0.4, 0.5) is 0 Å². The number of rotatable bonds is 2. The quantitative estimate of drug-likeness (QED) is 0.841. The van der Waals surface area contributed by atoms with E-state index in [1.165, 1.54) is 24.8 Å². The number of ketones is 1. The molecule has 3 nitrogen and oxygen atoms in total. The van der Waals surface area contributed by atoms with Crippen LogP contribution in [0.2, 0.25) is 0 Å². The molecule has 2 bridgehead atoms. The Labute approximate surface area is 119 Å². The highest BCUT2D eigenvalue weighted by atomic mass is 16.5. The van der Waals surface area contributed by atoms with Crippen molar-refractivity contribution in [3.63, 3.8) is 0 Å². The van der Waals surface area contributed by atoms with Crippen LogP contribution in [0.25, 0.3) is 0 Å². The van der Waals surface area contributed by atoms with Gasteiger partial charge >= 0.3 is 0 Å². The van der Waals surface area contributed by atoms with E-state index in [9.17, 15) is 4.79 Å². The fourth-order valence-corrected chi connectivity index (χ4v) is 4.06. The summed E-state index contributed by atoms with van der Waals surface area (Å²) in [6.07, 6.45) is 6.76. The van der Waals surface area contributed by atoms with Crippen LogP contribution in [-0.4, -0.2) is 24.5 Å². The molecule has 2 unspecified atom stereocenters. The van der Waals surface area contributed by atoms with E-state index in [1.54, 1.807) is 0 Å². The lowest BCUT2D eigenvalue weighted by atomic mass is 9.77. The number of ether oxygens (including phenoxy) is 1. The van der Waals surface area contributed by atoms with Gasteiger partial charge in [0.2, 0.25) is 0 Å². The van der Waals surface area contributed by atoms with Gasteiger partial charge < -0.3 is 10.1 Å². The van der Waals surface area contributed by atoms with Gasteiger partial charge in [0.05, 0.1) is 6.61 Å². The zero-order chi connectivity index (χ0) is 13.5. The largest absolute Gasteiger partial charge is 0.493 e. The van der Waals surface area contributed by atoms with Crippen LogP contribution < -0.4 is 10.1 Å². The van der Waals surface area contributed by atoms with Crippen molar-refractivity contribution in [1.82, 2.24) is 5.32 Å². The van der Waals surface area contributed by atoms with Crippen LogP contribution in [0, 0.1) is 5.92 Å². The predicted molar refractivity (Wildman–Crippen MR) is 77.3 cm³/mol. The van der Waals surface area contributed by atoms with Crippen molar-refractivity contribution >= 4 is 5.78 Å². The standard InChI is InChI=1S/C17H21NO2/c19-17(12-4-5-16-11(8-12)6-7-20-16)13-9-14-2-1-3-15(10-13)18-14/h4-5,8,13-15,18H,1-3,6-7,9-10H2. The van der Waals surface area contributed by atoms with Crippen LogP contribution in [-0.2, 0) is 6.42 Å². The Morgan fingerprint density at radius 2 is 2.00 bits per heavy atom. The van der Waals surface area contributed by atoms with Gasteiger partial charge in [-0.3, -0.25) is 4.79 Å². The highest BCUT2D eigenvalue weighted by Crippen LogP contribution is 2.33. The van der Waals surface area contributed by atoms with Crippen LogP contribution in [0.3, 0.4) is 0 Å². The van der Waals surface area contributed by atoms with Gasteiger partial charge in [0.25, 0.3) is 0 Å². The number of nitrogens with one attached hydrogen (secondary N) is 1. The molecule has 0 amide bonds. The molecule has 1 N–H and O–H groups in total. The summed E-state index contributed by atoms with van der Waals surface area (Å²) in [5.41, 5.74) is 2.09. The molecule has 20 heavy (non-hydrogen) atoms. The predicted octanol–water partition coefficient (Wildman–Crippen LogP) is 2.72. The highest BCUT2D eigenvalue weighted by Gasteiger charge is 2.35. The fourth-order valence-electron chi connectivity index (χ4n) is 4.06. The molecule has 2 atom stereocenters. The number of hydrogen-bond donors (Lipinski definition) is 1. The van der Waals surface area contributed by atoms with E-state index in [4.69, 9.17) is 4.74 Å². The molecular formula is C17H21NO2. The lowest BCUT2D eigenvalue weighted by Gasteiger charge is -2.39. The molecule has 3 heteroatoms. The van der Waals surface area contributed by atoms with Crippen LogP contribution in [0.5, 0.6) is 5.75 Å². The van der Waals surface area contributed by atoms with Crippen molar-refractivity contribution < 1.29 is 9.53 Å². The second-order valence-electron chi connectivity index (χ2n) is 6.44. The Morgan fingerprint density at radius 3 is 2.80 bits per heavy atom. The maximum Gasteiger partial charge on any atom is 0.166 e. The molecule has 1 aromatic rings. The molecule has 0 radical (unpaired) electrons. The van der Waals surface area contributed by atoms with Gasteiger partial charge in [-0.25, -0.2) is 0 Å². The van der Waals surface area contributed by atoms with E-state index in [-0.39, 0.29) is 5.92 Å². The average molecular weight is 271 g/mol. The van der Waals surface area contributed by atoms with Crippen LogP contribution >= 0.6 is 0 Å². The van der Waals surface area contributed by atoms with Gasteiger partial charge in [-0.2, -0.15) is 0 Å². The highest BCUT2D eigenvalue weighted by molar-refractivity contribution is 5.98. The maximum absolute atomic E-state index is 12.8. The van der Waals surface area contributed by atoms with Gasteiger partial charge in [0, 0.05) is 30.0 Å². The Kier molecular flexibility index (Phi) is 3.03. The molecule has 0 saturated carbocycles. The van der Waals surface area contributed by atoms with E-state index in [2.05, 4.69) is 11.4 Å². The number of carbonyl (C=O) groups is 1. The third kappa shape index (κ3) is 2.14. The lowest BCUT2D eigenvalue weighted by molar-refractivity contribution is 0.0825. The molecule has 3 aliphatic rings. The first-order valence-corrected chi connectivity index (χ1v) is 7.85. The molecule has 106 valence electrons. The van der Waals surface area contributed by atoms with E-state index in [0.717, 1.165) is 37.2 Å². The van der Waals surface area contributed by atoms with Gasteiger partial charge in [-0.05, 0) is 49.4 Å². The molecule has 4 rings (SSSR count). The minimum atomic E-state index is 0.215. The number of hydrogen-bond acceptors (Lipinski definition) is 3. The molecule has 1 aromatic carbocycles. The van der Waals surface area contributed by atoms with Crippen molar-refractivity contribution in [1.29, 1.82) is 0 Å². The summed E-state index contributed by atoms with van der Waals surface area (Å²) in [6, 6.07) is 7.10. The second kappa shape index (κ2) is 4.88. The van der Waals surface area contributed by atoms with Gasteiger partial charge in [0.1, 0.15) is 5.75 Å². The second-order valence-corrected chi connectivity index (χ2v) is 6.44. The number of fused-ring (bicyclic) bond motifs is 3. The number of Topliss-reactive ketones (excluding diaryl/α,β-unsaturated/α-hetero) is 1. The first-order valence-electron chi connectivity index (χ1n) is 7.85. The topological polar surface area (TPSA) is 38.3 Å².